The minimum Gasteiger partial charge on any atom is -0.478 e. The van der Waals surface area contributed by atoms with E-state index in [-0.39, 0.29) is 5.56 Å². The molecular formula is C8H7N3O2. The van der Waals surface area contributed by atoms with Gasteiger partial charge in [-0.1, -0.05) is 0 Å². The van der Waals surface area contributed by atoms with Crippen LogP contribution in [-0.4, -0.2) is 20.7 Å². The van der Waals surface area contributed by atoms with Crippen LogP contribution in [0, 0.1) is 0 Å². The van der Waals surface area contributed by atoms with Gasteiger partial charge in [0.15, 0.2) is 0 Å². The molecule has 0 spiro atoms. The third-order valence-electron chi connectivity index (χ3n) is 1.80. The van der Waals surface area contributed by atoms with Crippen molar-refractivity contribution < 1.29 is 9.90 Å². The smallest absolute Gasteiger partial charge is 0.335 e. The minimum absolute atomic E-state index is 0.208. The summed E-state index contributed by atoms with van der Waals surface area (Å²) in [5, 5.41) is 12.6. The van der Waals surface area contributed by atoms with Crippen molar-refractivity contribution in [2.45, 2.75) is 0 Å². The van der Waals surface area contributed by atoms with Crippen LogP contribution in [0.2, 0.25) is 0 Å². The van der Waals surface area contributed by atoms with Crippen LogP contribution < -0.4 is 5.73 Å². The lowest BCUT2D eigenvalue weighted by Gasteiger charge is -1.96. The van der Waals surface area contributed by atoms with Gasteiger partial charge in [0.25, 0.3) is 0 Å². The molecule has 3 N–H and O–H groups in total. The van der Waals surface area contributed by atoms with E-state index in [1.165, 1.54) is 22.8 Å². The van der Waals surface area contributed by atoms with Gasteiger partial charge < -0.3 is 10.8 Å². The molecule has 0 amide bonds. The van der Waals surface area contributed by atoms with Crippen LogP contribution in [0.25, 0.3) is 5.52 Å². The maximum atomic E-state index is 10.6. The van der Waals surface area contributed by atoms with Gasteiger partial charge in [0.05, 0.1) is 23.0 Å². The molecule has 2 aromatic heterocycles. The molecule has 5 nitrogen and oxygen atoms in total. The molecule has 2 rings (SSSR count). The number of aromatic nitrogens is 2. The van der Waals surface area contributed by atoms with Crippen LogP contribution >= 0.6 is 0 Å². The second kappa shape index (κ2) is 2.48. The minimum atomic E-state index is -0.969. The molecule has 0 radical (unpaired) electrons. The third kappa shape index (κ3) is 1.10. The number of nitrogens with two attached hydrogens (primary N) is 1. The molecule has 0 saturated carbocycles. The SMILES string of the molecule is Nc1cnn2ccc(C(=O)O)cc12. The number of hydrogen-bond acceptors (Lipinski definition) is 3. The third-order valence-corrected chi connectivity index (χ3v) is 1.80. The molecule has 0 unspecified atom stereocenters. The fourth-order valence-corrected chi connectivity index (χ4v) is 1.13. The van der Waals surface area contributed by atoms with E-state index in [1.807, 2.05) is 0 Å². The molecule has 2 aromatic rings. The number of aromatic carboxylic acids is 1. The fraction of sp³-hybridized carbons (Fsp3) is 0. The lowest BCUT2D eigenvalue weighted by Crippen LogP contribution is -1.98. The molecule has 66 valence electrons. The molecule has 0 atom stereocenters. The predicted molar refractivity (Wildman–Crippen MR) is 46.6 cm³/mol. The normalized spacial score (nSPS) is 10.5. The van der Waals surface area contributed by atoms with Crippen molar-refractivity contribution in [3.63, 3.8) is 0 Å². The first-order valence-corrected chi connectivity index (χ1v) is 3.64. The number of nitrogens with zero attached hydrogens (tertiary/aromatic N) is 2. The molecule has 0 aromatic carbocycles. The van der Waals surface area contributed by atoms with E-state index in [1.54, 1.807) is 6.20 Å². The van der Waals surface area contributed by atoms with Crippen molar-refractivity contribution in [3.05, 3.63) is 30.1 Å². The van der Waals surface area contributed by atoms with E-state index in [9.17, 15) is 4.79 Å². The summed E-state index contributed by atoms with van der Waals surface area (Å²) in [6.07, 6.45) is 3.05. The average molecular weight is 177 g/mol. The Kier molecular flexibility index (Phi) is 1.45. The summed E-state index contributed by atoms with van der Waals surface area (Å²) in [6, 6.07) is 2.96. The Labute approximate surface area is 73.4 Å². The van der Waals surface area contributed by atoms with E-state index in [0.717, 1.165) is 0 Å². The number of carbonyl (C=O) groups is 1. The molecule has 0 fully saturated rings. The highest BCUT2D eigenvalue weighted by molar-refractivity contribution is 5.90. The Balaban J connectivity index is 2.72. The van der Waals surface area contributed by atoms with Crippen molar-refractivity contribution in [1.82, 2.24) is 9.61 Å². The summed E-state index contributed by atoms with van der Waals surface area (Å²) in [6.45, 7) is 0. The highest BCUT2D eigenvalue weighted by Gasteiger charge is 2.05. The number of hydrogen-bond donors (Lipinski definition) is 2. The highest BCUT2D eigenvalue weighted by Crippen LogP contribution is 2.13. The van der Waals surface area contributed by atoms with E-state index in [2.05, 4.69) is 5.10 Å². The van der Waals surface area contributed by atoms with Crippen LogP contribution in [0.15, 0.2) is 24.5 Å². The van der Waals surface area contributed by atoms with Gasteiger partial charge in [0.1, 0.15) is 0 Å². The Morgan fingerprint density at radius 3 is 3.08 bits per heavy atom. The number of pyridine rings is 1. The summed E-state index contributed by atoms with van der Waals surface area (Å²) in [4.78, 5) is 10.6. The van der Waals surface area contributed by atoms with Gasteiger partial charge in [-0.2, -0.15) is 5.10 Å². The Bertz CT molecular complexity index is 475. The maximum absolute atomic E-state index is 10.6. The number of anilines is 1. The van der Waals surface area contributed by atoms with Gasteiger partial charge in [-0.15, -0.1) is 0 Å². The van der Waals surface area contributed by atoms with Crippen molar-refractivity contribution in [2.75, 3.05) is 5.73 Å². The predicted octanol–water partition coefficient (Wildman–Crippen LogP) is 0.615. The summed E-state index contributed by atoms with van der Waals surface area (Å²) in [7, 11) is 0. The van der Waals surface area contributed by atoms with E-state index in [4.69, 9.17) is 10.8 Å². The number of rotatable bonds is 1. The molecule has 0 aliphatic carbocycles. The summed E-state index contributed by atoms with van der Waals surface area (Å²) >= 11 is 0. The second-order valence-corrected chi connectivity index (χ2v) is 2.65. The second-order valence-electron chi connectivity index (χ2n) is 2.65. The van der Waals surface area contributed by atoms with Crippen LogP contribution in [0.4, 0.5) is 5.69 Å². The standard InChI is InChI=1S/C8H7N3O2/c9-6-4-10-11-2-1-5(8(12)13)3-7(6)11/h1-4H,9H2,(H,12,13). The monoisotopic (exact) mass is 177 g/mol. The number of nitrogen functional groups attached to an aromatic ring is 1. The number of carboxylic acid groups (broad SMARTS) is 1. The van der Waals surface area contributed by atoms with Crippen LogP contribution in [0.1, 0.15) is 10.4 Å². The molecule has 0 aliphatic heterocycles. The first kappa shape index (κ1) is 7.60. The zero-order valence-corrected chi connectivity index (χ0v) is 6.64. The Morgan fingerprint density at radius 2 is 2.38 bits per heavy atom. The highest BCUT2D eigenvalue weighted by atomic mass is 16.4. The van der Waals surface area contributed by atoms with Gasteiger partial charge in [0, 0.05) is 6.20 Å². The van der Waals surface area contributed by atoms with Gasteiger partial charge in [0.2, 0.25) is 0 Å². The molecule has 5 heteroatoms. The van der Waals surface area contributed by atoms with Crippen molar-refractivity contribution >= 4 is 17.2 Å². The summed E-state index contributed by atoms with van der Waals surface area (Å²) < 4.78 is 1.53. The average Bonchev–Trinajstić information content (AvgIpc) is 2.47. The van der Waals surface area contributed by atoms with Crippen LogP contribution in [-0.2, 0) is 0 Å². The van der Waals surface area contributed by atoms with Gasteiger partial charge >= 0.3 is 5.97 Å². The first-order chi connectivity index (χ1) is 6.18. The zero-order chi connectivity index (χ0) is 9.42. The molecular weight excluding hydrogens is 170 g/mol. The van der Waals surface area contributed by atoms with E-state index in [0.29, 0.717) is 11.2 Å². The molecule has 0 aliphatic rings. The number of fused-ring (bicyclic) bond motifs is 1. The quantitative estimate of drug-likeness (QED) is 0.668. The topological polar surface area (TPSA) is 80.6 Å². The summed E-state index contributed by atoms with van der Waals surface area (Å²) in [5.74, 6) is -0.969. The molecule has 0 bridgehead atoms. The Morgan fingerprint density at radius 1 is 1.62 bits per heavy atom. The van der Waals surface area contributed by atoms with Crippen LogP contribution in [0.3, 0.4) is 0 Å². The van der Waals surface area contributed by atoms with Crippen LogP contribution in [0.5, 0.6) is 0 Å². The van der Waals surface area contributed by atoms with Crippen molar-refractivity contribution in [2.24, 2.45) is 0 Å². The lowest BCUT2D eigenvalue weighted by atomic mass is 10.2. The van der Waals surface area contributed by atoms with Crippen molar-refractivity contribution in [1.29, 1.82) is 0 Å². The van der Waals surface area contributed by atoms with Gasteiger partial charge in [-0.3, -0.25) is 0 Å². The Hall–Kier alpha value is -2.04. The summed E-state index contributed by atoms with van der Waals surface area (Å²) in [5.41, 5.74) is 6.86. The first-order valence-electron chi connectivity index (χ1n) is 3.64. The van der Waals surface area contributed by atoms with Gasteiger partial charge in [-0.05, 0) is 12.1 Å². The fourth-order valence-electron chi connectivity index (χ4n) is 1.13. The molecule has 0 saturated heterocycles. The number of carboxylic acids is 1. The zero-order valence-electron chi connectivity index (χ0n) is 6.64. The van der Waals surface area contributed by atoms with Crippen molar-refractivity contribution in [3.8, 4) is 0 Å². The van der Waals surface area contributed by atoms with E-state index < -0.39 is 5.97 Å². The lowest BCUT2D eigenvalue weighted by molar-refractivity contribution is 0.0697. The van der Waals surface area contributed by atoms with E-state index >= 15 is 0 Å². The molecule has 2 heterocycles. The van der Waals surface area contributed by atoms with Gasteiger partial charge in [-0.25, -0.2) is 9.31 Å². The maximum Gasteiger partial charge on any atom is 0.335 e. The molecule has 13 heavy (non-hydrogen) atoms. The largest absolute Gasteiger partial charge is 0.478 e.